The van der Waals surface area contributed by atoms with Crippen LogP contribution in [0.1, 0.15) is 29.3 Å². The topological polar surface area (TPSA) is 106 Å². The Kier molecular flexibility index (Phi) is 11.9. The highest BCUT2D eigenvalue weighted by atomic mass is 35.5. The number of rotatable bonds is 12. The average molecular weight is 665 g/mol. The first kappa shape index (κ1) is 33.5. The van der Waals surface area contributed by atoms with E-state index in [2.05, 4.69) is 16.0 Å². The van der Waals surface area contributed by atoms with E-state index in [0.29, 0.717) is 50.5 Å². The summed E-state index contributed by atoms with van der Waals surface area (Å²) in [4.78, 5) is 40.4. The number of nitrogens with one attached hydrogen (secondary N) is 3. The van der Waals surface area contributed by atoms with Crippen molar-refractivity contribution in [3.63, 3.8) is 0 Å². The first-order valence-electron chi connectivity index (χ1n) is 13.8. The summed E-state index contributed by atoms with van der Waals surface area (Å²) < 4.78 is 10.6. The lowest BCUT2D eigenvalue weighted by atomic mass is 10.1. The number of ether oxygens (including phenoxy) is 2. The van der Waals surface area contributed by atoms with Crippen LogP contribution in [0.2, 0.25) is 10.0 Å². The van der Waals surface area contributed by atoms with Gasteiger partial charge in [0.2, 0.25) is 5.91 Å². The van der Waals surface area contributed by atoms with Crippen LogP contribution in [0, 0.1) is 0 Å². The maximum Gasteiger partial charge on any atom is 0.272 e. The molecule has 0 aliphatic rings. The molecule has 3 N–H and O–H groups in total. The van der Waals surface area contributed by atoms with Crippen molar-refractivity contribution in [1.82, 2.24) is 5.32 Å². The maximum atomic E-state index is 13.5. The molecule has 0 fully saturated rings. The van der Waals surface area contributed by atoms with E-state index >= 15 is 0 Å². The highest BCUT2D eigenvalue weighted by Gasteiger charge is 2.21. The summed E-state index contributed by atoms with van der Waals surface area (Å²) in [6, 6.07) is 25.8. The fraction of sp³-hybridized carbons (Fsp3) is 0.147. The summed E-state index contributed by atoms with van der Waals surface area (Å²) in [6.45, 7) is 1.91. The SMILES string of the molecule is CCC(Sc1cccc(NC(=O)/C(=C/c2cccc(Cl)c2)NC(=O)c2ccccc2)c1)C(=O)Nc1cc(Cl)c(OC)cc1OC. The van der Waals surface area contributed by atoms with E-state index in [1.165, 1.54) is 26.0 Å². The van der Waals surface area contributed by atoms with Gasteiger partial charge in [-0.2, -0.15) is 0 Å². The van der Waals surface area contributed by atoms with Gasteiger partial charge in [-0.1, -0.05) is 66.5 Å². The number of benzene rings is 4. The van der Waals surface area contributed by atoms with E-state index in [9.17, 15) is 14.4 Å². The lowest BCUT2D eigenvalue weighted by Crippen LogP contribution is -2.30. The van der Waals surface area contributed by atoms with E-state index in [1.807, 2.05) is 13.0 Å². The van der Waals surface area contributed by atoms with E-state index in [4.69, 9.17) is 32.7 Å². The fourth-order valence-electron chi connectivity index (χ4n) is 4.21. The van der Waals surface area contributed by atoms with Crippen molar-refractivity contribution in [3.8, 4) is 11.5 Å². The Morgan fingerprint density at radius 3 is 2.27 bits per heavy atom. The zero-order valence-corrected chi connectivity index (χ0v) is 27.1. The molecule has 0 aliphatic carbocycles. The summed E-state index contributed by atoms with van der Waals surface area (Å²) in [7, 11) is 2.99. The van der Waals surface area contributed by atoms with Crippen molar-refractivity contribution in [2.75, 3.05) is 24.9 Å². The molecule has 0 bridgehead atoms. The van der Waals surface area contributed by atoms with Crippen molar-refractivity contribution in [3.05, 3.63) is 118 Å². The Labute approximate surface area is 276 Å². The van der Waals surface area contributed by atoms with Crippen molar-refractivity contribution < 1.29 is 23.9 Å². The standard InChI is InChI=1S/C34H31Cl2N3O5S/c1-4-31(34(42)38-27-19-26(36)29(43-2)20-30(27)44-3)45-25-15-9-14-24(18-25)37-33(41)28(17-21-10-8-13-23(35)16-21)39-32(40)22-11-6-5-7-12-22/h5-20,31H,4H2,1-3H3,(H,37,41)(H,38,42)(H,39,40)/b28-17-. The van der Waals surface area contributed by atoms with Crippen LogP contribution in [0.15, 0.2) is 102 Å². The second kappa shape index (κ2) is 16.0. The molecule has 0 heterocycles. The van der Waals surface area contributed by atoms with Gasteiger partial charge in [0.1, 0.15) is 17.2 Å². The number of methoxy groups -OCH3 is 2. The van der Waals surface area contributed by atoms with Gasteiger partial charge in [-0.15, -0.1) is 11.8 Å². The first-order chi connectivity index (χ1) is 21.7. The van der Waals surface area contributed by atoms with Crippen LogP contribution >= 0.6 is 35.0 Å². The largest absolute Gasteiger partial charge is 0.495 e. The lowest BCUT2D eigenvalue weighted by Gasteiger charge is -2.18. The number of hydrogen-bond acceptors (Lipinski definition) is 6. The summed E-state index contributed by atoms with van der Waals surface area (Å²) in [6.07, 6.45) is 2.08. The zero-order valence-electron chi connectivity index (χ0n) is 24.7. The molecule has 1 unspecified atom stereocenters. The summed E-state index contributed by atoms with van der Waals surface area (Å²) in [5, 5.41) is 8.82. The highest BCUT2D eigenvalue weighted by Crippen LogP contribution is 2.37. The number of halogens is 2. The van der Waals surface area contributed by atoms with E-state index in [0.717, 1.165) is 4.90 Å². The van der Waals surface area contributed by atoms with Crippen LogP contribution in [-0.4, -0.2) is 37.2 Å². The summed E-state index contributed by atoms with van der Waals surface area (Å²) >= 11 is 13.8. The molecule has 4 aromatic carbocycles. The molecule has 0 aromatic heterocycles. The van der Waals surface area contributed by atoms with E-state index < -0.39 is 17.1 Å². The van der Waals surface area contributed by atoms with Gasteiger partial charge in [0.05, 0.1) is 30.2 Å². The molecule has 0 saturated heterocycles. The third kappa shape index (κ3) is 9.28. The molecule has 8 nitrogen and oxygen atoms in total. The molecular formula is C34H31Cl2N3O5S. The maximum absolute atomic E-state index is 13.5. The third-order valence-corrected chi connectivity index (χ3v) is 8.34. The van der Waals surface area contributed by atoms with Crippen LogP contribution in [-0.2, 0) is 9.59 Å². The smallest absolute Gasteiger partial charge is 0.272 e. The van der Waals surface area contributed by atoms with E-state index in [1.54, 1.807) is 91.0 Å². The molecule has 4 aromatic rings. The summed E-state index contributed by atoms with van der Waals surface area (Å²) in [5.74, 6) is -0.372. The van der Waals surface area contributed by atoms with Gasteiger partial charge in [-0.3, -0.25) is 14.4 Å². The molecule has 0 radical (unpaired) electrons. The van der Waals surface area contributed by atoms with Gasteiger partial charge < -0.3 is 25.4 Å². The first-order valence-corrected chi connectivity index (χ1v) is 15.5. The molecule has 3 amide bonds. The quantitative estimate of drug-likeness (QED) is 0.105. The van der Waals surface area contributed by atoms with Crippen molar-refractivity contribution in [1.29, 1.82) is 0 Å². The number of amides is 3. The molecule has 45 heavy (non-hydrogen) atoms. The Morgan fingerprint density at radius 2 is 1.58 bits per heavy atom. The van der Waals surface area contributed by atoms with Crippen LogP contribution in [0.5, 0.6) is 11.5 Å². The molecule has 1 atom stereocenters. The number of hydrogen-bond donors (Lipinski definition) is 3. The van der Waals surface area contributed by atoms with Gasteiger partial charge in [0, 0.05) is 27.2 Å². The highest BCUT2D eigenvalue weighted by molar-refractivity contribution is 8.00. The van der Waals surface area contributed by atoms with Gasteiger partial charge in [-0.05, 0) is 66.6 Å². The van der Waals surface area contributed by atoms with E-state index in [-0.39, 0.29) is 11.6 Å². The lowest BCUT2D eigenvalue weighted by molar-refractivity contribution is -0.116. The van der Waals surface area contributed by atoms with Crippen molar-refractivity contribution >= 4 is 70.1 Å². The summed E-state index contributed by atoms with van der Waals surface area (Å²) in [5.41, 5.74) is 1.97. The van der Waals surface area contributed by atoms with Crippen LogP contribution in [0.25, 0.3) is 6.08 Å². The molecule has 0 spiro atoms. The van der Waals surface area contributed by atoms with Gasteiger partial charge in [0.15, 0.2) is 0 Å². The van der Waals surface area contributed by atoms with Crippen LogP contribution < -0.4 is 25.4 Å². The van der Waals surface area contributed by atoms with Crippen LogP contribution in [0.4, 0.5) is 11.4 Å². The Bertz CT molecular complexity index is 1720. The normalized spacial score (nSPS) is 11.7. The second-order valence-corrected chi connectivity index (χ2v) is 11.7. The molecule has 4 rings (SSSR count). The minimum atomic E-state index is -0.533. The Morgan fingerprint density at radius 1 is 0.844 bits per heavy atom. The molecular weight excluding hydrogens is 633 g/mol. The number of thioether (sulfide) groups is 1. The molecule has 0 aliphatic heterocycles. The number of carbonyl (C=O) groups excluding carboxylic acids is 3. The van der Waals surface area contributed by atoms with Gasteiger partial charge in [-0.25, -0.2) is 0 Å². The second-order valence-electron chi connectivity index (χ2n) is 9.61. The molecule has 232 valence electrons. The predicted molar refractivity (Wildman–Crippen MR) is 182 cm³/mol. The minimum absolute atomic E-state index is 0.0297. The number of carbonyl (C=O) groups is 3. The van der Waals surface area contributed by atoms with Crippen LogP contribution in [0.3, 0.4) is 0 Å². The molecule has 0 saturated carbocycles. The predicted octanol–water partition coefficient (Wildman–Crippen LogP) is 7.93. The monoisotopic (exact) mass is 663 g/mol. The fourth-order valence-corrected chi connectivity index (χ4v) is 5.66. The Hall–Kier alpha value is -4.44. The third-order valence-electron chi connectivity index (χ3n) is 6.45. The van der Waals surface area contributed by atoms with Gasteiger partial charge in [0.25, 0.3) is 11.8 Å². The average Bonchev–Trinajstić information content (AvgIpc) is 3.04. The van der Waals surface area contributed by atoms with Crippen molar-refractivity contribution in [2.24, 2.45) is 0 Å². The number of anilines is 2. The minimum Gasteiger partial charge on any atom is -0.495 e. The van der Waals surface area contributed by atoms with Crippen molar-refractivity contribution in [2.45, 2.75) is 23.5 Å². The van der Waals surface area contributed by atoms with Gasteiger partial charge >= 0.3 is 0 Å². The molecule has 11 heteroatoms. The zero-order chi connectivity index (χ0) is 32.3. The Balaban J connectivity index is 1.51.